The molecule has 0 aromatic heterocycles. The smallest absolute Gasteiger partial charge is 0.151 e. The highest BCUT2D eigenvalue weighted by Gasteiger charge is 2.14. The minimum absolute atomic E-state index is 0.0685. The minimum Gasteiger partial charge on any atom is -0.302 e. The van der Waals surface area contributed by atoms with E-state index in [2.05, 4.69) is 4.90 Å². The Balaban J connectivity index is 1.72. The van der Waals surface area contributed by atoms with Gasteiger partial charge in [0.1, 0.15) is 5.82 Å². The van der Waals surface area contributed by atoms with E-state index in [0.717, 1.165) is 13.1 Å². The maximum atomic E-state index is 13.5. The van der Waals surface area contributed by atoms with Crippen LogP contribution in [0.2, 0.25) is 0 Å². The van der Waals surface area contributed by atoms with Crippen molar-refractivity contribution in [2.75, 3.05) is 39.8 Å². The molecule has 0 amide bonds. The molecule has 20 heavy (non-hydrogen) atoms. The van der Waals surface area contributed by atoms with E-state index in [-0.39, 0.29) is 18.0 Å². The zero-order valence-electron chi connectivity index (χ0n) is 12.1. The number of likely N-dealkylation sites (N-methyl/N-ethyl adjacent to an activating group) is 1. The van der Waals surface area contributed by atoms with Crippen molar-refractivity contribution in [3.63, 3.8) is 0 Å². The topological polar surface area (TPSA) is 23.6 Å². The second kappa shape index (κ2) is 7.50. The van der Waals surface area contributed by atoms with Gasteiger partial charge in [-0.3, -0.25) is 9.69 Å². The monoisotopic (exact) mass is 278 g/mol. The van der Waals surface area contributed by atoms with Crippen LogP contribution in [0, 0.1) is 5.82 Å². The molecule has 4 heteroatoms. The van der Waals surface area contributed by atoms with Gasteiger partial charge in [-0.1, -0.05) is 18.2 Å². The molecule has 110 valence electrons. The van der Waals surface area contributed by atoms with Crippen molar-refractivity contribution in [3.8, 4) is 0 Å². The summed E-state index contributed by atoms with van der Waals surface area (Å²) in [5.41, 5.74) is 0.491. The number of likely N-dealkylation sites (tertiary alicyclic amines) is 1. The van der Waals surface area contributed by atoms with Gasteiger partial charge in [-0.25, -0.2) is 4.39 Å². The Labute approximate surface area is 120 Å². The van der Waals surface area contributed by atoms with E-state index in [9.17, 15) is 9.18 Å². The fraction of sp³-hybridized carbons (Fsp3) is 0.562. The molecule has 1 fully saturated rings. The predicted octanol–water partition coefficient (Wildman–Crippen LogP) is 1.96. The molecular weight excluding hydrogens is 255 g/mol. The van der Waals surface area contributed by atoms with Crippen LogP contribution < -0.4 is 0 Å². The second-order valence-electron chi connectivity index (χ2n) is 5.59. The number of carbonyl (C=O) groups is 1. The quantitative estimate of drug-likeness (QED) is 0.762. The van der Waals surface area contributed by atoms with E-state index < -0.39 is 0 Å². The summed E-state index contributed by atoms with van der Waals surface area (Å²) in [7, 11) is 1.95. The Bertz CT molecular complexity index is 444. The van der Waals surface area contributed by atoms with Gasteiger partial charge in [-0.2, -0.15) is 0 Å². The summed E-state index contributed by atoms with van der Waals surface area (Å²) < 4.78 is 13.5. The normalized spacial score (nSPS) is 15.9. The third kappa shape index (κ3) is 4.69. The molecule has 1 aliphatic heterocycles. The fourth-order valence-corrected chi connectivity index (χ4v) is 2.61. The second-order valence-corrected chi connectivity index (χ2v) is 5.59. The molecule has 0 unspecified atom stereocenters. The summed E-state index contributed by atoms with van der Waals surface area (Å²) in [4.78, 5) is 16.4. The largest absolute Gasteiger partial charge is 0.302 e. The van der Waals surface area contributed by atoms with Crippen LogP contribution in [0.3, 0.4) is 0 Å². The number of nitrogens with zero attached hydrogens (tertiary/aromatic N) is 2. The average molecular weight is 278 g/mol. The van der Waals surface area contributed by atoms with Gasteiger partial charge < -0.3 is 4.90 Å². The van der Waals surface area contributed by atoms with Crippen LogP contribution in [0.15, 0.2) is 24.3 Å². The van der Waals surface area contributed by atoms with Gasteiger partial charge in [0.15, 0.2) is 5.78 Å². The number of carbonyl (C=O) groups excluding carboxylic acids is 1. The molecule has 1 aromatic rings. The Morgan fingerprint density at radius 3 is 2.70 bits per heavy atom. The zero-order chi connectivity index (χ0) is 14.4. The first kappa shape index (κ1) is 15.1. The van der Waals surface area contributed by atoms with E-state index in [4.69, 9.17) is 0 Å². The van der Waals surface area contributed by atoms with E-state index in [1.165, 1.54) is 32.0 Å². The highest BCUT2D eigenvalue weighted by Crippen LogP contribution is 2.08. The third-order valence-electron chi connectivity index (χ3n) is 3.79. The Hall–Kier alpha value is -1.26. The van der Waals surface area contributed by atoms with Gasteiger partial charge in [0.2, 0.25) is 0 Å². The van der Waals surface area contributed by atoms with Crippen LogP contribution in [0.5, 0.6) is 0 Å². The number of halogens is 1. The predicted molar refractivity (Wildman–Crippen MR) is 78.3 cm³/mol. The molecule has 0 saturated carbocycles. The molecule has 0 spiro atoms. The summed E-state index contributed by atoms with van der Waals surface area (Å²) in [6.45, 7) is 4.66. The van der Waals surface area contributed by atoms with E-state index in [1.807, 2.05) is 11.9 Å². The Morgan fingerprint density at radius 2 is 2.00 bits per heavy atom. The summed E-state index contributed by atoms with van der Waals surface area (Å²) in [5.74, 6) is -0.223. The molecule has 1 saturated heterocycles. The van der Waals surface area contributed by atoms with Crippen LogP contribution in [0.4, 0.5) is 4.39 Å². The number of rotatable bonds is 7. The number of benzene rings is 1. The first-order chi connectivity index (χ1) is 9.65. The lowest BCUT2D eigenvalue weighted by atomic mass is 10.1. The number of hydrogen-bond donors (Lipinski definition) is 0. The number of hydrogen-bond acceptors (Lipinski definition) is 3. The molecule has 0 N–H and O–H groups in total. The van der Waals surface area contributed by atoms with Crippen molar-refractivity contribution >= 4 is 5.78 Å². The molecule has 2 rings (SSSR count). The standard InChI is InChI=1S/C16H23FN2O/c1-18(10-11-19-8-4-5-9-19)13-15(20)12-14-6-2-3-7-16(14)17/h2-3,6-7H,4-5,8-13H2,1H3. The molecule has 0 atom stereocenters. The van der Waals surface area contributed by atoms with Gasteiger partial charge in [0.05, 0.1) is 6.54 Å². The summed E-state index contributed by atoms with van der Waals surface area (Å²) in [6.07, 6.45) is 2.76. The minimum atomic E-state index is -0.291. The third-order valence-corrected chi connectivity index (χ3v) is 3.79. The number of ketones is 1. The molecule has 3 nitrogen and oxygen atoms in total. The lowest BCUT2D eigenvalue weighted by Gasteiger charge is -2.20. The van der Waals surface area contributed by atoms with Crippen molar-refractivity contribution in [3.05, 3.63) is 35.6 Å². The molecule has 0 bridgehead atoms. The fourth-order valence-electron chi connectivity index (χ4n) is 2.61. The summed E-state index contributed by atoms with van der Waals surface area (Å²) >= 11 is 0. The SMILES string of the molecule is CN(CCN1CCCC1)CC(=O)Cc1ccccc1F. The van der Waals surface area contributed by atoms with Gasteiger partial charge in [0.25, 0.3) is 0 Å². The number of Topliss-reactive ketones (excluding diaryl/α,β-unsaturated/α-hetero) is 1. The first-order valence-corrected chi connectivity index (χ1v) is 7.31. The summed E-state index contributed by atoms with van der Waals surface area (Å²) in [6, 6.07) is 6.49. The van der Waals surface area contributed by atoms with E-state index >= 15 is 0 Å². The Kier molecular flexibility index (Phi) is 5.68. The van der Waals surface area contributed by atoms with Crippen molar-refractivity contribution in [1.29, 1.82) is 0 Å². The van der Waals surface area contributed by atoms with Crippen LogP contribution >= 0.6 is 0 Å². The molecule has 0 radical (unpaired) electrons. The van der Waals surface area contributed by atoms with Gasteiger partial charge in [0, 0.05) is 19.5 Å². The van der Waals surface area contributed by atoms with Gasteiger partial charge in [-0.05, 0) is 44.6 Å². The van der Waals surface area contributed by atoms with Crippen LogP contribution in [0.25, 0.3) is 0 Å². The highest BCUT2D eigenvalue weighted by atomic mass is 19.1. The van der Waals surface area contributed by atoms with Crippen LogP contribution in [-0.2, 0) is 11.2 Å². The van der Waals surface area contributed by atoms with Crippen molar-refractivity contribution < 1.29 is 9.18 Å². The lowest BCUT2D eigenvalue weighted by molar-refractivity contribution is -0.119. The average Bonchev–Trinajstić information content (AvgIpc) is 2.92. The van der Waals surface area contributed by atoms with Crippen LogP contribution in [-0.4, -0.2) is 55.4 Å². The van der Waals surface area contributed by atoms with Crippen molar-refractivity contribution in [1.82, 2.24) is 9.80 Å². The lowest BCUT2D eigenvalue weighted by Crippen LogP contribution is -2.34. The van der Waals surface area contributed by atoms with Crippen molar-refractivity contribution in [2.45, 2.75) is 19.3 Å². The molecule has 1 aromatic carbocycles. The maximum absolute atomic E-state index is 13.5. The molecule has 1 aliphatic rings. The van der Waals surface area contributed by atoms with E-state index in [1.54, 1.807) is 18.2 Å². The Morgan fingerprint density at radius 1 is 1.30 bits per heavy atom. The molecular formula is C16H23FN2O. The van der Waals surface area contributed by atoms with Crippen molar-refractivity contribution in [2.24, 2.45) is 0 Å². The first-order valence-electron chi connectivity index (χ1n) is 7.31. The zero-order valence-corrected chi connectivity index (χ0v) is 12.1. The highest BCUT2D eigenvalue weighted by molar-refractivity contribution is 5.82. The summed E-state index contributed by atoms with van der Waals surface area (Å²) in [5, 5.41) is 0. The molecule has 1 heterocycles. The van der Waals surface area contributed by atoms with E-state index in [0.29, 0.717) is 12.1 Å². The van der Waals surface area contributed by atoms with Gasteiger partial charge in [-0.15, -0.1) is 0 Å². The molecule has 0 aliphatic carbocycles. The van der Waals surface area contributed by atoms with Crippen LogP contribution in [0.1, 0.15) is 18.4 Å². The maximum Gasteiger partial charge on any atom is 0.151 e. The van der Waals surface area contributed by atoms with Gasteiger partial charge >= 0.3 is 0 Å².